The number of carboxylic acid groups (broad SMARTS) is 1. The third-order valence-electron chi connectivity index (χ3n) is 3.37. The zero-order chi connectivity index (χ0) is 16.1. The molecule has 5 heteroatoms. The first-order valence-electron chi connectivity index (χ1n) is 6.60. The number of ether oxygens (including phenoxy) is 1. The predicted octanol–water partition coefficient (Wildman–Crippen LogP) is 3.90. The van der Waals surface area contributed by atoms with Gasteiger partial charge in [-0.15, -0.1) is 0 Å². The highest BCUT2D eigenvalue weighted by atomic mass is 35.5. The number of hydrogen-bond donors (Lipinski definition) is 1. The van der Waals surface area contributed by atoms with Crippen molar-refractivity contribution in [1.82, 2.24) is 0 Å². The first kappa shape index (κ1) is 15.9. The Balaban J connectivity index is 2.20. The molecule has 0 amide bonds. The standard InChI is InChI=1S/C17H14ClNO3/c1-22-16-7-2-11(9-15(16)18)8-14(10-19)12-3-5-13(6-4-12)17(20)21/h2-7,9,14H,8H2,1H3,(H,20,21). The monoisotopic (exact) mass is 315 g/mol. The smallest absolute Gasteiger partial charge is 0.335 e. The van der Waals surface area contributed by atoms with Gasteiger partial charge in [0.25, 0.3) is 0 Å². The fourth-order valence-electron chi connectivity index (χ4n) is 2.17. The zero-order valence-corrected chi connectivity index (χ0v) is 12.7. The van der Waals surface area contributed by atoms with Crippen LogP contribution in [-0.4, -0.2) is 18.2 Å². The quantitative estimate of drug-likeness (QED) is 0.908. The van der Waals surface area contributed by atoms with Gasteiger partial charge in [-0.2, -0.15) is 5.26 Å². The molecule has 0 spiro atoms. The summed E-state index contributed by atoms with van der Waals surface area (Å²) in [5, 5.41) is 18.8. The van der Waals surface area contributed by atoms with Crippen molar-refractivity contribution in [2.75, 3.05) is 7.11 Å². The Morgan fingerprint density at radius 3 is 2.50 bits per heavy atom. The number of nitrogens with zero attached hydrogens (tertiary/aromatic N) is 1. The van der Waals surface area contributed by atoms with Gasteiger partial charge in [-0.3, -0.25) is 0 Å². The van der Waals surface area contributed by atoms with Gasteiger partial charge in [0.05, 0.1) is 29.7 Å². The van der Waals surface area contributed by atoms with Gasteiger partial charge >= 0.3 is 5.97 Å². The van der Waals surface area contributed by atoms with Crippen LogP contribution in [-0.2, 0) is 6.42 Å². The molecule has 1 atom stereocenters. The summed E-state index contributed by atoms with van der Waals surface area (Å²) in [6.45, 7) is 0. The molecule has 0 radical (unpaired) electrons. The molecule has 0 bridgehead atoms. The Hall–Kier alpha value is -2.51. The van der Waals surface area contributed by atoms with E-state index in [0.29, 0.717) is 17.2 Å². The van der Waals surface area contributed by atoms with Crippen LogP contribution in [0.5, 0.6) is 5.75 Å². The summed E-state index contributed by atoms with van der Waals surface area (Å²) in [5.74, 6) is -0.765. The van der Waals surface area contributed by atoms with Crippen LogP contribution in [0.25, 0.3) is 0 Å². The topological polar surface area (TPSA) is 70.3 Å². The summed E-state index contributed by atoms with van der Waals surface area (Å²) in [4.78, 5) is 10.8. The van der Waals surface area contributed by atoms with Crippen LogP contribution in [0, 0.1) is 11.3 Å². The maximum Gasteiger partial charge on any atom is 0.335 e. The summed E-state index contributed by atoms with van der Waals surface area (Å²) in [5.41, 5.74) is 1.90. The van der Waals surface area contributed by atoms with Crippen LogP contribution in [0.4, 0.5) is 0 Å². The Bertz CT molecular complexity index is 720. The Morgan fingerprint density at radius 1 is 1.32 bits per heavy atom. The van der Waals surface area contributed by atoms with Gasteiger partial charge in [0, 0.05) is 0 Å². The lowest BCUT2D eigenvalue weighted by Crippen LogP contribution is -2.02. The van der Waals surface area contributed by atoms with E-state index in [2.05, 4.69) is 6.07 Å². The minimum atomic E-state index is -0.984. The van der Waals surface area contributed by atoms with Crippen molar-refractivity contribution in [2.45, 2.75) is 12.3 Å². The van der Waals surface area contributed by atoms with Crippen molar-refractivity contribution >= 4 is 17.6 Å². The maximum absolute atomic E-state index is 10.8. The molecule has 0 aromatic heterocycles. The van der Waals surface area contributed by atoms with E-state index in [1.165, 1.54) is 12.1 Å². The second-order valence-corrected chi connectivity index (χ2v) is 5.19. The van der Waals surface area contributed by atoms with E-state index in [0.717, 1.165) is 11.1 Å². The highest BCUT2D eigenvalue weighted by molar-refractivity contribution is 6.32. The van der Waals surface area contributed by atoms with Gasteiger partial charge in [0.1, 0.15) is 5.75 Å². The van der Waals surface area contributed by atoms with E-state index in [1.807, 2.05) is 6.07 Å². The van der Waals surface area contributed by atoms with Crippen LogP contribution in [0.15, 0.2) is 42.5 Å². The second-order valence-electron chi connectivity index (χ2n) is 4.78. The van der Waals surface area contributed by atoms with Gasteiger partial charge in [-0.1, -0.05) is 29.8 Å². The summed E-state index contributed by atoms with van der Waals surface area (Å²) < 4.78 is 5.10. The number of halogens is 1. The number of methoxy groups -OCH3 is 1. The Kier molecular flexibility index (Phi) is 5.03. The van der Waals surface area contributed by atoms with Crippen molar-refractivity contribution in [2.24, 2.45) is 0 Å². The Morgan fingerprint density at radius 2 is 2.00 bits per heavy atom. The molecule has 0 aliphatic rings. The molecule has 0 aliphatic heterocycles. The molecular formula is C17H14ClNO3. The fourth-order valence-corrected chi connectivity index (χ4v) is 2.45. The van der Waals surface area contributed by atoms with Crippen LogP contribution < -0.4 is 4.74 Å². The molecule has 112 valence electrons. The zero-order valence-electron chi connectivity index (χ0n) is 11.9. The average Bonchev–Trinajstić information content (AvgIpc) is 2.53. The van der Waals surface area contributed by atoms with Gasteiger partial charge in [0.15, 0.2) is 0 Å². The molecule has 0 fully saturated rings. The largest absolute Gasteiger partial charge is 0.495 e. The van der Waals surface area contributed by atoms with Gasteiger partial charge in [0.2, 0.25) is 0 Å². The van der Waals surface area contributed by atoms with Crippen molar-refractivity contribution in [1.29, 1.82) is 5.26 Å². The Labute approximate surface area is 133 Å². The van der Waals surface area contributed by atoms with Crippen LogP contribution >= 0.6 is 11.6 Å². The first-order valence-corrected chi connectivity index (χ1v) is 6.98. The lowest BCUT2D eigenvalue weighted by molar-refractivity contribution is 0.0697. The molecule has 0 saturated heterocycles. The van der Waals surface area contributed by atoms with E-state index in [4.69, 9.17) is 21.4 Å². The summed E-state index contributed by atoms with van der Waals surface area (Å²) >= 11 is 6.08. The van der Waals surface area contributed by atoms with Crippen LogP contribution in [0.1, 0.15) is 27.4 Å². The molecule has 1 unspecified atom stereocenters. The molecule has 2 rings (SSSR count). The van der Waals surface area contributed by atoms with Crippen molar-refractivity contribution in [3.63, 3.8) is 0 Å². The molecule has 4 nitrogen and oxygen atoms in total. The minimum Gasteiger partial charge on any atom is -0.495 e. The van der Waals surface area contributed by atoms with Crippen LogP contribution in [0.2, 0.25) is 5.02 Å². The van der Waals surface area contributed by atoms with E-state index in [-0.39, 0.29) is 11.5 Å². The maximum atomic E-state index is 10.8. The van der Waals surface area contributed by atoms with Crippen molar-refractivity contribution < 1.29 is 14.6 Å². The normalized spacial score (nSPS) is 11.5. The van der Waals surface area contributed by atoms with Gasteiger partial charge in [-0.05, 0) is 41.8 Å². The summed E-state index contributed by atoms with van der Waals surface area (Å²) in [6, 6.07) is 14.0. The van der Waals surface area contributed by atoms with E-state index in [1.54, 1.807) is 31.4 Å². The summed E-state index contributed by atoms with van der Waals surface area (Å²) in [7, 11) is 1.54. The molecule has 0 aliphatic carbocycles. The summed E-state index contributed by atoms with van der Waals surface area (Å²) in [6.07, 6.45) is 0.493. The molecule has 1 N–H and O–H groups in total. The predicted molar refractivity (Wildman–Crippen MR) is 83.5 cm³/mol. The number of hydrogen-bond acceptors (Lipinski definition) is 3. The second kappa shape index (κ2) is 6.97. The number of aromatic carboxylic acids is 1. The van der Waals surface area contributed by atoms with E-state index < -0.39 is 5.97 Å². The SMILES string of the molecule is COc1ccc(CC(C#N)c2ccc(C(=O)O)cc2)cc1Cl. The van der Waals surface area contributed by atoms with Gasteiger partial charge < -0.3 is 9.84 Å². The lowest BCUT2D eigenvalue weighted by atomic mass is 9.92. The first-order chi connectivity index (χ1) is 10.5. The van der Waals surface area contributed by atoms with Crippen LogP contribution in [0.3, 0.4) is 0 Å². The molecule has 2 aromatic rings. The molecule has 0 heterocycles. The number of rotatable bonds is 5. The number of nitriles is 1. The lowest BCUT2D eigenvalue weighted by Gasteiger charge is -2.11. The fraction of sp³-hybridized carbons (Fsp3) is 0.176. The third kappa shape index (κ3) is 3.57. The molecule has 22 heavy (non-hydrogen) atoms. The third-order valence-corrected chi connectivity index (χ3v) is 3.67. The minimum absolute atomic E-state index is 0.202. The average molecular weight is 316 g/mol. The highest BCUT2D eigenvalue weighted by Crippen LogP contribution is 2.28. The molecule has 0 saturated carbocycles. The van der Waals surface area contributed by atoms with Crippen molar-refractivity contribution in [3.8, 4) is 11.8 Å². The number of carbonyl (C=O) groups is 1. The molecular weight excluding hydrogens is 302 g/mol. The van der Waals surface area contributed by atoms with E-state index in [9.17, 15) is 10.1 Å². The number of carboxylic acids is 1. The van der Waals surface area contributed by atoms with E-state index >= 15 is 0 Å². The number of benzene rings is 2. The van der Waals surface area contributed by atoms with Gasteiger partial charge in [-0.25, -0.2) is 4.79 Å². The molecule has 2 aromatic carbocycles. The highest BCUT2D eigenvalue weighted by Gasteiger charge is 2.13. The van der Waals surface area contributed by atoms with Crippen molar-refractivity contribution in [3.05, 3.63) is 64.2 Å².